The molecule has 1 unspecified atom stereocenters. The number of amides is 2. The van der Waals surface area contributed by atoms with Gasteiger partial charge in [-0.15, -0.1) is 0 Å². The van der Waals surface area contributed by atoms with Gasteiger partial charge >= 0.3 is 0 Å². The van der Waals surface area contributed by atoms with Crippen LogP contribution in [0.5, 0.6) is 5.75 Å². The number of ether oxygens (including phenoxy) is 1. The van der Waals surface area contributed by atoms with Crippen LogP contribution in [0.15, 0.2) is 41.0 Å². The van der Waals surface area contributed by atoms with Crippen molar-refractivity contribution in [2.24, 2.45) is 0 Å². The van der Waals surface area contributed by atoms with Crippen LogP contribution in [0.2, 0.25) is 0 Å². The minimum absolute atomic E-state index is 0.114. The number of fused-ring (bicyclic) bond motifs is 1. The van der Waals surface area contributed by atoms with Gasteiger partial charge < -0.3 is 24.1 Å². The standard InChI is InChI=1S/C21H21N3O5/c1-21(2)19(26)18(14-10-13(11-22)5-6-15(14)29-21)24-8-7-23(12-17(24)25)20(27)16-4-3-9-28-16/h3-6,9-10,18-19,26H,7-8,12H2,1-2H3/t18?,19-/m0/s1. The molecular weight excluding hydrogens is 374 g/mol. The van der Waals surface area contributed by atoms with Crippen molar-refractivity contribution >= 4 is 11.8 Å². The summed E-state index contributed by atoms with van der Waals surface area (Å²) in [7, 11) is 0. The molecule has 2 atom stereocenters. The maximum Gasteiger partial charge on any atom is 0.290 e. The SMILES string of the molecule is CC1(C)Oc2ccc(C#N)cc2C(N2CCN(C(=O)c3ccco3)CC2=O)[C@@H]1O. The highest BCUT2D eigenvalue weighted by molar-refractivity contribution is 5.95. The largest absolute Gasteiger partial charge is 0.485 e. The average molecular weight is 395 g/mol. The van der Waals surface area contributed by atoms with E-state index in [0.717, 1.165) is 0 Å². The lowest BCUT2D eigenvalue weighted by atomic mass is 9.84. The molecular formula is C21H21N3O5. The fourth-order valence-electron chi connectivity index (χ4n) is 3.88. The first kappa shape index (κ1) is 19.0. The summed E-state index contributed by atoms with van der Waals surface area (Å²) in [6.07, 6.45) is 0.412. The van der Waals surface area contributed by atoms with Gasteiger partial charge in [-0.1, -0.05) is 0 Å². The maximum atomic E-state index is 13.0. The summed E-state index contributed by atoms with van der Waals surface area (Å²) in [6, 6.07) is 9.57. The van der Waals surface area contributed by atoms with Gasteiger partial charge in [-0.3, -0.25) is 9.59 Å². The molecule has 8 nitrogen and oxygen atoms in total. The van der Waals surface area contributed by atoms with E-state index in [4.69, 9.17) is 9.15 Å². The Balaban J connectivity index is 1.63. The van der Waals surface area contributed by atoms with Gasteiger partial charge in [-0.2, -0.15) is 5.26 Å². The molecule has 1 aromatic heterocycles. The summed E-state index contributed by atoms with van der Waals surface area (Å²) in [5.74, 6) is 0.0860. The van der Waals surface area contributed by atoms with E-state index < -0.39 is 17.7 Å². The van der Waals surface area contributed by atoms with Crippen molar-refractivity contribution in [1.82, 2.24) is 9.80 Å². The summed E-state index contributed by atoms with van der Waals surface area (Å²) in [5.41, 5.74) is 0.0890. The first-order valence-corrected chi connectivity index (χ1v) is 9.35. The summed E-state index contributed by atoms with van der Waals surface area (Å²) in [4.78, 5) is 28.5. The van der Waals surface area contributed by atoms with Crippen molar-refractivity contribution in [3.05, 3.63) is 53.5 Å². The molecule has 4 rings (SSSR count). The Labute approximate surface area is 167 Å². The molecule has 0 aliphatic carbocycles. The van der Waals surface area contributed by atoms with Gasteiger partial charge in [0, 0.05) is 18.7 Å². The maximum absolute atomic E-state index is 13.0. The van der Waals surface area contributed by atoms with Crippen LogP contribution in [0.25, 0.3) is 0 Å². The van der Waals surface area contributed by atoms with Crippen LogP contribution >= 0.6 is 0 Å². The molecule has 1 fully saturated rings. The lowest BCUT2D eigenvalue weighted by Gasteiger charge is -2.48. The summed E-state index contributed by atoms with van der Waals surface area (Å²) < 4.78 is 11.1. The smallest absolute Gasteiger partial charge is 0.290 e. The van der Waals surface area contributed by atoms with Crippen LogP contribution < -0.4 is 4.74 Å². The Morgan fingerprint density at radius 3 is 2.76 bits per heavy atom. The highest BCUT2D eigenvalue weighted by atomic mass is 16.5. The molecule has 8 heteroatoms. The average Bonchev–Trinajstić information content (AvgIpc) is 3.23. The number of hydrogen-bond acceptors (Lipinski definition) is 6. The van der Waals surface area contributed by atoms with Gasteiger partial charge in [0.15, 0.2) is 5.76 Å². The first-order valence-electron chi connectivity index (χ1n) is 9.35. The molecule has 2 amide bonds. The van der Waals surface area contributed by atoms with Crippen LogP contribution in [-0.4, -0.2) is 58.1 Å². The third-order valence-corrected chi connectivity index (χ3v) is 5.45. The van der Waals surface area contributed by atoms with Crippen molar-refractivity contribution < 1.29 is 23.8 Å². The van der Waals surface area contributed by atoms with E-state index in [1.54, 1.807) is 49.1 Å². The number of piperazine rings is 1. The number of benzene rings is 1. The number of aliphatic hydroxyl groups is 1. The Morgan fingerprint density at radius 2 is 2.10 bits per heavy atom. The van der Waals surface area contributed by atoms with Gasteiger partial charge in [-0.25, -0.2) is 0 Å². The molecule has 2 aromatic rings. The monoisotopic (exact) mass is 395 g/mol. The summed E-state index contributed by atoms with van der Waals surface area (Å²) >= 11 is 0. The molecule has 0 bridgehead atoms. The second kappa shape index (κ2) is 6.94. The normalized spacial score (nSPS) is 23.2. The zero-order valence-electron chi connectivity index (χ0n) is 16.2. The highest BCUT2D eigenvalue weighted by Crippen LogP contribution is 2.43. The lowest BCUT2D eigenvalue weighted by Crippen LogP contribution is -2.59. The van der Waals surface area contributed by atoms with E-state index >= 15 is 0 Å². The van der Waals surface area contributed by atoms with E-state index in [0.29, 0.717) is 23.4 Å². The summed E-state index contributed by atoms with van der Waals surface area (Å²) in [5, 5.41) is 20.3. The minimum atomic E-state index is -1.000. The molecule has 3 heterocycles. The number of carbonyl (C=O) groups is 2. The predicted molar refractivity (Wildman–Crippen MR) is 101 cm³/mol. The van der Waals surface area contributed by atoms with E-state index in [-0.39, 0.29) is 30.7 Å². The Morgan fingerprint density at radius 1 is 1.31 bits per heavy atom. The molecule has 2 aliphatic rings. The topological polar surface area (TPSA) is 107 Å². The predicted octanol–water partition coefficient (Wildman–Crippen LogP) is 1.71. The van der Waals surface area contributed by atoms with E-state index in [2.05, 4.69) is 6.07 Å². The Kier molecular flexibility index (Phi) is 4.55. The number of aliphatic hydroxyl groups excluding tert-OH is 1. The van der Waals surface area contributed by atoms with Gasteiger partial charge in [0.2, 0.25) is 5.91 Å². The van der Waals surface area contributed by atoms with E-state index in [9.17, 15) is 20.0 Å². The van der Waals surface area contributed by atoms with Crippen LogP contribution in [0.1, 0.15) is 41.6 Å². The zero-order valence-corrected chi connectivity index (χ0v) is 16.2. The number of nitriles is 1. The lowest BCUT2D eigenvalue weighted by molar-refractivity contribution is -0.149. The number of nitrogens with zero attached hydrogens (tertiary/aromatic N) is 3. The number of hydrogen-bond donors (Lipinski definition) is 1. The first-order chi connectivity index (χ1) is 13.8. The van der Waals surface area contributed by atoms with Crippen LogP contribution in [0, 0.1) is 11.3 Å². The fraction of sp³-hybridized carbons (Fsp3) is 0.381. The fourth-order valence-corrected chi connectivity index (χ4v) is 3.88. The molecule has 0 radical (unpaired) electrons. The van der Waals surface area contributed by atoms with Gasteiger partial charge in [0.25, 0.3) is 5.91 Å². The molecule has 1 aromatic carbocycles. The van der Waals surface area contributed by atoms with Crippen LogP contribution in [0.4, 0.5) is 0 Å². The van der Waals surface area contributed by atoms with E-state index in [1.807, 2.05) is 0 Å². The van der Waals surface area contributed by atoms with Gasteiger partial charge in [-0.05, 0) is 44.2 Å². The van der Waals surface area contributed by atoms with Crippen molar-refractivity contribution in [1.29, 1.82) is 5.26 Å². The quantitative estimate of drug-likeness (QED) is 0.830. The molecule has 2 aliphatic heterocycles. The molecule has 29 heavy (non-hydrogen) atoms. The van der Waals surface area contributed by atoms with Crippen molar-refractivity contribution in [2.45, 2.75) is 31.6 Å². The molecule has 150 valence electrons. The second-order valence-corrected chi connectivity index (χ2v) is 7.75. The number of rotatable bonds is 2. The molecule has 1 N–H and O–H groups in total. The Bertz CT molecular complexity index is 992. The molecule has 0 saturated carbocycles. The number of carbonyl (C=O) groups excluding carboxylic acids is 2. The van der Waals surface area contributed by atoms with Crippen LogP contribution in [0.3, 0.4) is 0 Å². The van der Waals surface area contributed by atoms with Crippen molar-refractivity contribution in [3.8, 4) is 11.8 Å². The third kappa shape index (κ3) is 3.23. The summed E-state index contributed by atoms with van der Waals surface area (Å²) in [6.45, 7) is 3.96. The third-order valence-electron chi connectivity index (χ3n) is 5.45. The van der Waals surface area contributed by atoms with Gasteiger partial charge in [0.05, 0.1) is 23.9 Å². The van der Waals surface area contributed by atoms with Crippen LogP contribution in [-0.2, 0) is 4.79 Å². The molecule has 1 saturated heterocycles. The van der Waals surface area contributed by atoms with Crippen molar-refractivity contribution in [2.75, 3.05) is 19.6 Å². The van der Waals surface area contributed by atoms with Crippen molar-refractivity contribution in [3.63, 3.8) is 0 Å². The van der Waals surface area contributed by atoms with E-state index in [1.165, 1.54) is 11.2 Å². The second-order valence-electron chi connectivity index (χ2n) is 7.75. The highest BCUT2D eigenvalue weighted by Gasteiger charge is 2.48. The van der Waals surface area contributed by atoms with Gasteiger partial charge in [0.1, 0.15) is 24.0 Å². The minimum Gasteiger partial charge on any atom is -0.485 e. The zero-order chi connectivity index (χ0) is 20.8. The Hall–Kier alpha value is -3.31. The molecule has 0 spiro atoms. The number of furan rings is 1.